The number of rotatable bonds is 1. The van der Waals surface area contributed by atoms with Crippen molar-refractivity contribution in [3.63, 3.8) is 0 Å². The Labute approximate surface area is 98.9 Å². The van der Waals surface area contributed by atoms with E-state index >= 15 is 0 Å². The van der Waals surface area contributed by atoms with Gasteiger partial charge < -0.3 is 4.98 Å². The molecule has 1 aromatic heterocycles. The highest BCUT2D eigenvalue weighted by Crippen LogP contribution is 2.30. The number of alkyl halides is 3. The fraction of sp³-hybridized carbons (Fsp3) is 0.0833. The number of aromatic nitrogens is 1. The van der Waals surface area contributed by atoms with Crippen LogP contribution in [0.3, 0.4) is 0 Å². The summed E-state index contributed by atoms with van der Waals surface area (Å²) in [5.74, 6) is -0.979. The van der Waals surface area contributed by atoms with Crippen LogP contribution in [0.4, 0.5) is 17.6 Å². The van der Waals surface area contributed by atoms with Gasteiger partial charge >= 0.3 is 6.18 Å². The first kappa shape index (κ1) is 12.3. The highest BCUT2D eigenvalue weighted by Gasteiger charge is 2.30. The summed E-state index contributed by atoms with van der Waals surface area (Å²) < 4.78 is 50.0. The standard InChI is InChI=1S/C12H7F4NO/c13-10-6-17-5-9(11(10)18)7-1-3-8(4-2-7)12(14,15)16/h1-6H,(H,17,18). The van der Waals surface area contributed by atoms with Crippen LogP contribution in [0.15, 0.2) is 41.5 Å². The van der Waals surface area contributed by atoms with Gasteiger partial charge in [-0.25, -0.2) is 4.39 Å². The summed E-state index contributed by atoms with van der Waals surface area (Å²) in [4.78, 5) is 13.8. The van der Waals surface area contributed by atoms with Gasteiger partial charge in [0.25, 0.3) is 0 Å². The van der Waals surface area contributed by atoms with Gasteiger partial charge in [0.05, 0.1) is 5.56 Å². The summed E-state index contributed by atoms with van der Waals surface area (Å²) in [6.45, 7) is 0. The summed E-state index contributed by atoms with van der Waals surface area (Å²) in [7, 11) is 0. The minimum atomic E-state index is -4.44. The average molecular weight is 257 g/mol. The molecule has 0 aliphatic carbocycles. The summed E-state index contributed by atoms with van der Waals surface area (Å²) in [5, 5.41) is 0. The molecule has 0 bridgehead atoms. The topological polar surface area (TPSA) is 32.9 Å². The fourth-order valence-electron chi connectivity index (χ4n) is 1.51. The highest BCUT2D eigenvalue weighted by molar-refractivity contribution is 5.62. The van der Waals surface area contributed by atoms with E-state index in [1.54, 1.807) is 0 Å². The maximum absolute atomic E-state index is 13.0. The Balaban J connectivity index is 2.47. The molecule has 1 aromatic carbocycles. The van der Waals surface area contributed by atoms with Crippen molar-refractivity contribution in [1.29, 1.82) is 0 Å². The molecule has 0 unspecified atom stereocenters. The molecule has 2 aromatic rings. The Kier molecular flexibility index (Phi) is 2.94. The van der Waals surface area contributed by atoms with Gasteiger partial charge in [0.15, 0.2) is 5.82 Å². The third-order valence-corrected chi connectivity index (χ3v) is 2.42. The third kappa shape index (κ3) is 2.27. The molecule has 0 saturated carbocycles. The van der Waals surface area contributed by atoms with E-state index in [2.05, 4.69) is 4.98 Å². The molecule has 1 heterocycles. The molecule has 0 aliphatic heterocycles. The Morgan fingerprint density at radius 3 is 2.17 bits per heavy atom. The Morgan fingerprint density at radius 2 is 1.61 bits per heavy atom. The molecule has 2 rings (SSSR count). The minimum absolute atomic E-state index is 0.0104. The number of nitrogens with one attached hydrogen (secondary N) is 1. The summed E-state index contributed by atoms with van der Waals surface area (Å²) in [6, 6.07) is 3.96. The number of benzene rings is 1. The van der Waals surface area contributed by atoms with E-state index in [1.807, 2.05) is 0 Å². The lowest BCUT2D eigenvalue weighted by molar-refractivity contribution is -0.137. The molecule has 1 N–H and O–H groups in total. The van der Waals surface area contributed by atoms with Crippen LogP contribution in [-0.2, 0) is 6.18 Å². The molecular formula is C12H7F4NO. The molecule has 0 amide bonds. The lowest BCUT2D eigenvalue weighted by Gasteiger charge is -2.07. The quantitative estimate of drug-likeness (QED) is 0.782. The van der Waals surface area contributed by atoms with Gasteiger partial charge in [-0.1, -0.05) is 12.1 Å². The van der Waals surface area contributed by atoms with Crippen LogP contribution in [0, 0.1) is 5.82 Å². The zero-order valence-corrected chi connectivity index (χ0v) is 8.88. The second-order valence-electron chi connectivity index (χ2n) is 3.62. The maximum Gasteiger partial charge on any atom is 0.416 e. The zero-order chi connectivity index (χ0) is 13.3. The molecule has 0 aliphatic rings. The molecule has 0 spiro atoms. The van der Waals surface area contributed by atoms with Crippen LogP contribution in [0.1, 0.15) is 5.56 Å². The minimum Gasteiger partial charge on any atom is -0.364 e. The largest absolute Gasteiger partial charge is 0.416 e. The molecule has 0 fully saturated rings. The SMILES string of the molecule is O=c1c(F)c[nH]cc1-c1ccc(C(F)(F)F)cc1. The van der Waals surface area contributed by atoms with Gasteiger partial charge in [-0.2, -0.15) is 13.2 Å². The first-order valence-corrected chi connectivity index (χ1v) is 4.94. The second kappa shape index (κ2) is 4.29. The van der Waals surface area contributed by atoms with E-state index in [1.165, 1.54) is 6.20 Å². The third-order valence-electron chi connectivity index (χ3n) is 2.42. The normalized spacial score (nSPS) is 11.6. The Bertz CT molecular complexity index is 613. The second-order valence-corrected chi connectivity index (χ2v) is 3.62. The first-order chi connectivity index (χ1) is 8.39. The monoisotopic (exact) mass is 257 g/mol. The fourth-order valence-corrected chi connectivity index (χ4v) is 1.51. The number of hydrogen-bond donors (Lipinski definition) is 1. The number of pyridine rings is 1. The molecule has 0 atom stereocenters. The van der Waals surface area contributed by atoms with E-state index < -0.39 is 23.0 Å². The van der Waals surface area contributed by atoms with E-state index in [4.69, 9.17) is 0 Å². The van der Waals surface area contributed by atoms with Gasteiger partial charge in [0.2, 0.25) is 5.43 Å². The highest BCUT2D eigenvalue weighted by atomic mass is 19.4. The Morgan fingerprint density at radius 1 is 1.00 bits per heavy atom. The van der Waals surface area contributed by atoms with Crippen molar-refractivity contribution in [3.8, 4) is 11.1 Å². The summed E-state index contributed by atoms with van der Waals surface area (Å²) in [6.07, 6.45) is -2.31. The van der Waals surface area contributed by atoms with Crippen molar-refractivity contribution in [2.45, 2.75) is 6.18 Å². The van der Waals surface area contributed by atoms with Crippen molar-refractivity contribution < 1.29 is 17.6 Å². The van der Waals surface area contributed by atoms with Crippen molar-refractivity contribution >= 4 is 0 Å². The lowest BCUT2D eigenvalue weighted by Crippen LogP contribution is -2.10. The van der Waals surface area contributed by atoms with Crippen molar-refractivity contribution in [2.24, 2.45) is 0 Å². The summed E-state index contributed by atoms with van der Waals surface area (Å²) >= 11 is 0. The molecular weight excluding hydrogens is 250 g/mol. The zero-order valence-electron chi connectivity index (χ0n) is 8.88. The van der Waals surface area contributed by atoms with Crippen LogP contribution < -0.4 is 5.43 Å². The van der Waals surface area contributed by atoms with Crippen LogP contribution in [0.5, 0.6) is 0 Å². The van der Waals surface area contributed by atoms with Gasteiger partial charge in [-0.05, 0) is 17.7 Å². The lowest BCUT2D eigenvalue weighted by atomic mass is 10.1. The van der Waals surface area contributed by atoms with Crippen LogP contribution in [0.2, 0.25) is 0 Å². The molecule has 0 saturated heterocycles. The van der Waals surface area contributed by atoms with E-state index in [9.17, 15) is 22.4 Å². The first-order valence-electron chi connectivity index (χ1n) is 4.94. The van der Waals surface area contributed by atoms with Crippen molar-refractivity contribution in [3.05, 3.63) is 58.3 Å². The predicted molar refractivity (Wildman–Crippen MR) is 57.5 cm³/mol. The summed E-state index contributed by atoms with van der Waals surface area (Å²) in [5.41, 5.74) is -1.46. The molecule has 94 valence electrons. The molecule has 0 radical (unpaired) electrons. The maximum atomic E-state index is 13.0. The van der Waals surface area contributed by atoms with Gasteiger partial charge in [0, 0.05) is 18.0 Å². The van der Waals surface area contributed by atoms with Gasteiger partial charge in [-0.15, -0.1) is 0 Å². The number of aromatic amines is 1. The van der Waals surface area contributed by atoms with Crippen LogP contribution in [0.25, 0.3) is 11.1 Å². The molecule has 18 heavy (non-hydrogen) atoms. The smallest absolute Gasteiger partial charge is 0.364 e. The predicted octanol–water partition coefficient (Wildman–Crippen LogP) is 3.20. The molecule has 2 nitrogen and oxygen atoms in total. The van der Waals surface area contributed by atoms with E-state index in [0.717, 1.165) is 30.5 Å². The van der Waals surface area contributed by atoms with E-state index in [-0.39, 0.29) is 11.1 Å². The Hall–Kier alpha value is -2.11. The number of hydrogen-bond acceptors (Lipinski definition) is 1. The molecule has 6 heteroatoms. The van der Waals surface area contributed by atoms with E-state index in [0.29, 0.717) is 0 Å². The number of H-pyrrole nitrogens is 1. The average Bonchev–Trinajstić information content (AvgIpc) is 2.32. The van der Waals surface area contributed by atoms with Crippen molar-refractivity contribution in [1.82, 2.24) is 4.98 Å². The van der Waals surface area contributed by atoms with Crippen LogP contribution >= 0.6 is 0 Å². The van der Waals surface area contributed by atoms with Gasteiger partial charge in [0.1, 0.15) is 0 Å². The van der Waals surface area contributed by atoms with Crippen molar-refractivity contribution in [2.75, 3.05) is 0 Å². The number of halogens is 4. The van der Waals surface area contributed by atoms with Crippen LogP contribution in [-0.4, -0.2) is 4.98 Å². The van der Waals surface area contributed by atoms with Gasteiger partial charge in [-0.3, -0.25) is 4.79 Å².